The van der Waals surface area contributed by atoms with E-state index in [4.69, 9.17) is 19.4 Å². The number of imidazole rings is 1. The zero-order chi connectivity index (χ0) is 25.2. The highest BCUT2D eigenvalue weighted by Crippen LogP contribution is 2.41. The van der Waals surface area contributed by atoms with E-state index >= 15 is 0 Å². The summed E-state index contributed by atoms with van der Waals surface area (Å²) in [5.41, 5.74) is -0.579. The van der Waals surface area contributed by atoms with E-state index in [0.29, 0.717) is 64.7 Å². The number of carbonyl (C=O) groups is 3. The molecule has 4 aliphatic rings. The molecule has 2 saturated heterocycles. The second-order valence-corrected chi connectivity index (χ2v) is 9.20. The normalized spacial score (nSPS) is 24.1. The number of hydrogen-bond donors (Lipinski definition) is 1. The van der Waals surface area contributed by atoms with Gasteiger partial charge in [-0.25, -0.2) is 9.78 Å². The Balaban J connectivity index is 0.000000364. The molecule has 4 heterocycles. The SMILES string of the molecule is O=C(C1CCC1)N1CCC2(CC1)OC(C(=O)N1CCOCC1)Cn1ccnc12.O=C(O)C(F)(F)F. The third-order valence-corrected chi connectivity index (χ3v) is 7.03. The molecule has 0 radical (unpaired) electrons. The number of piperidine rings is 1. The first-order chi connectivity index (χ1) is 16.6. The Kier molecular flexibility index (Phi) is 7.36. The van der Waals surface area contributed by atoms with E-state index in [0.717, 1.165) is 18.7 Å². The first kappa shape index (κ1) is 25.4. The molecule has 0 bridgehead atoms. The fourth-order valence-electron chi connectivity index (χ4n) is 4.86. The molecule has 3 aliphatic heterocycles. The first-order valence-corrected chi connectivity index (χ1v) is 11.8. The lowest BCUT2D eigenvalue weighted by molar-refractivity contribution is -0.192. The Hall–Kier alpha value is -2.67. The van der Waals surface area contributed by atoms with Crippen LogP contribution in [0.5, 0.6) is 0 Å². The van der Waals surface area contributed by atoms with Gasteiger partial charge in [-0.15, -0.1) is 0 Å². The van der Waals surface area contributed by atoms with Crippen molar-refractivity contribution in [1.82, 2.24) is 19.4 Å². The van der Waals surface area contributed by atoms with E-state index in [1.54, 1.807) is 6.20 Å². The molecule has 1 aromatic heterocycles. The second kappa shape index (κ2) is 10.1. The molecule has 1 atom stereocenters. The monoisotopic (exact) mass is 502 g/mol. The molecule has 2 amide bonds. The summed E-state index contributed by atoms with van der Waals surface area (Å²) >= 11 is 0. The van der Waals surface area contributed by atoms with E-state index in [-0.39, 0.29) is 11.8 Å². The molecule has 3 fully saturated rings. The summed E-state index contributed by atoms with van der Waals surface area (Å²) in [6.45, 7) is 4.23. The highest BCUT2D eigenvalue weighted by molar-refractivity contribution is 5.81. The van der Waals surface area contributed by atoms with Gasteiger partial charge in [-0.2, -0.15) is 13.2 Å². The number of likely N-dealkylation sites (tertiary alicyclic amines) is 1. The van der Waals surface area contributed by atoms with Crippen molar-refractivity contribution in [2.45, 2.75) is 56.5 Å². The minimum absolute atomic E-state index is 0.0370. The molecule has 10 nitrogen and oxygen atoms in total. The number of halogens is 3. The van der Waals surface area contributed by atoms with Crippen LogP contribution in [0.3, 0.4) is 0 Å². The van der Waals surface area contributed by atoms with Gasteiger partial charge in [-0.05, 0) is 12.8 Å². The zero-order valence-electron chi connectivity index (χ0n) is 19.2. The minimum atomic E-state index is -5.08. The Morgan fingerprint density at radius 2 is 1.63 bits per heavy atom. The Labute approximate surface area is 200 Å². The van der Waals surface area contributed by atoms with Crippen LogP contribution >= 0.6 is 0 Å². The lowest BCUT2D eigenvalue weighted by Gasteiger charge is -2.47. The number of hydrogen-bond acceptors (Lipinski definition) is 6. The van der Waals surface area contributed by atoms with Crippen molar-refractivity contribution in [3.8, 4) is 0 Å². The van der Waals surface area contributed by atoms with E-state index in [9.17, 15) is 22.8 Å². The third-order valence-electron chi connectivity index (χ3n) is 7.03. The average molecular weight is 502 g/mol. The lowest BCUT2D eigenvalue weighted by atomic mass is 9.82. The number of carboxylic acids is 1. The van der Waals surface area contributed by atoms with Crippen molar-refractivity contribution < 1.29 is 42.1 Å². The number of aromatic nitrogens is 2. The number of carboxylic acid groups (broad SMARTS) is 1. The molecular weight excluding hydrogens is 473 g/mol. The van der Waals surface area contributed by atoms with Crippen molar-refractivity contribution in [2.24, 2.45) is 5.92 Å². The maximum atomic E-state index is 13.1. The number of carbonyl (C=O) groups excluding carboxylic acids is 2. The van der Waals surface area contributed by atoms with Crippen LogP contribution in [0.1, 0.15) is 37.9 Å². The molecule has 0 aromatic carbocycles. The highest BCUT2D eigenvalue weighted by atomic mass is 19.4. The van der Waals surface area contributed by atoms with Gasteiger partial charge in [0.2, 0.25) is 5.91 Å². The molecule has 13 heteroatoms. The van der Waals surface area contributed by atoms with Crippen molar-refractivity contribution in [3.05, 3.63) is 18.2 Å². The van der Waals surface area contributed by atoms with Gasteiger partial charge in [0.15, 0.2) is 6.10 Å². The summed E-state index contributed by atoms with van der Waals surface area (Å²) < 4.78 is 45.7. The van der Waals surface area contributed by atoms with E-state index in [1.165, 1.54) is 6.42 Å². The zero-order valence-corrected chi connectivity index (χ0v) is 19.2. The molecule has 1 aliphatic carbocycles. The van der Waals surface area contributed by atoms with Gasteiger partial charge in [0.25, 0.3) is 5.91 Å². The van der Waals surface area contributed by atoms with E-state index in [2.05, 4.69) is 9.55 Å². The summed E-state index contributed by atoms with van der Waals surface area (Å²) in [5, 5.41) is 7.12. The number of aliphatic carboxylic acids is 1. The number of alkyl halides is 3. The maximum absolute atomic E-state index is 13.1. The van der Waals surface area contributed by atoms with Gasteiger partial charge in [0, 0.05) is 57.3 Å². The average Bonchev–Trinajstić information content (AvgIpc) is 3.28. The predicted molar refractivity (Wildman–Crippen MR) is 113 cm³/mol. The van der Waals surface area contributed by atoms with Crippen LogP contribution in [-0.4, -0.2) is 93.9 Å². The van der Waals surface area contributed by atoms with Crippen LogP contribution in [0.15, 0.2) is 12.4 Å². The van der Waals surface area contributed by atoms with Crippen LogP contribution < -0.4 is 0 Å². The molecule has 1 aromatic rings. The lowest BCUT2D eigenvalue weighted by Crippen LogP contribution is -2.56. The van der Waals surface area contributed by atoms with Gasteiger partial charge in [0.1, 0.15) is 11.4 Å². The fraction of sp³-hybridized carbons (Fsp3) is 0.727. The summed E-state index contributed by atoms with van der Waals surface area (Å²) in [7, 11) is 0. The third kappa shape index (κ3) is 5.45. The van der Waals surface area contributed by atoms with Crippen LogP contribution in [0.2, 0.25) is 0 Å². The molecular formula is C22H29F3N4O6. The standard InChI is InChI=1S/C20H28N4O4.C2HF3O2/c25-17(15-2-1-3-15)22-7-4-20(5-8-22)19-21-6-9-24(19)14-16(28-20)18(26)23-10-12-27-13-11-23;3-2(4,5)1(6)7/h6,9,15-16H,1-5,7-8,10-14H2;(H,6,7). The minimum Gasteiger partial charge on any atom is -0.475 e. The predicted octanol–water partition coefficient (Wildman–Crippen LogP) is 1.39. The van der Waals surface area contributed by atoms with Gasteiger partial charge >= 0.3 is 12.1 Å². The van der Waals surface area contributed by atoms with Crippen LogP contribution in [0, 0.1) is 5.92 Å². The van der Waals surface area contributed by atoms with Crippen molar-refractivity contribution in [2.75, 3.05) is 39.4 Å². The molecule has 35 heavy (non-hydrogen) atoms. The number of morpholine rings is 1. The van der Waals surface area contributed by atoms with Crippen LogP contribution in [-0.2, 0) is 36.0 Å². The van der Waals surface area contributed by atoms with Crippen molar-refractivity contribution in [1.29, 1.82) is 0 Å². The van der Waals surface area contributed by atoms with Crippen LogP contribution in [0.4, 0.5) is 13.2 Å². The molecule has 1 N–H and O–H groups in total. The number of fused-ring (bicyclic) bond motifs is 2. The van der Waals surface area contributed by atoms with Crippen LogP contribution in [0.25, 0.3) is 0 Å². The van der Waals surface area contributed by atoms with Gasteiger partial charge in [-0.1, -0.05) is 6.42 Å². The van der Waals surface area contributed by atoms with E-state index < -0.39 is 23.9 Å². The summed E-state index contributed by atoms with van der Waals surface area (Å²) in [6, 6.07) is 0. The molecule has 1 saturated carbocycles. The highest BCUT2D eigenvalue weighted by Gasteiger charge is 2.49. The number of ether oxygens (including phenoxy) is 2. The molecule has 1 unspecified atom stereocenters. The van der Waals surface area contributed by atoms with Crippen molar-refractivity contribution >= 4 is 17.8 Å². The Morgan fingerprint density at radius 3 is 2.17 bits per heavy atom. The largest absolute Gasteiger partial charge is 0.490 e. The topological polar surface area (TPSA) is 114 Å². The number of nitrogens with zero attached hydrogens (tertiary/aromatic N) is 4. The first-order valence-electron chi connectivity index (χ1n) is 11.8. The second-order valence-electron chi connectivity index (χ2n) is 9.20. The van der Waals surface area contributed by atoms with E-state index in [1.807, 2.05) is 16.0 Å². The molecule has 5 rings (SSSR count). The van der Waals surface area contributed by atoms with Gasteiger partial charge < -0.3 is 28.9 Å². The smallest absolute Gasteiger partial charge is 0.475 e. The summed E-state index contributed by atoms with van der Waals surface area (Å²) in [5.74, 6) is -1.31. The summed E-state index contributed by atoms with van der Waals surface area (Å²) in [6.07, 6.45) is 2.73. The number of rotatable bonds is 2. The Morgan fingerprint density at radius 1 is 1.03 bits per heavy atom. The Bertz CT molecular complexity index is 934. The molecule has 194 valence electrons. The van der Waals surface area contributed by atoms with Crippen molar-refractivity contribution in [3.63, 3.8) is 0 Å². The quantitative estimate of drug-likeness (QED) is 0.650. The fourth-order valence-corrected chi connectivity index (χ4v) is 4.86. The van der Waals surface area contributed by atoms with Gasteiger partial charge in [-0.3, -0.25) is 9.59 Å². The van der Waals surface area contributed by atoms with Gasteiger partial charge in [0.05, 0.1) is 19.8 Å². The molecule has 1 spiro atoms. The maximum Gasteiger partial charge on any atom is 0.490 e. The number of amides is 2. The summed E-state index contributed by atoms with van der Waals surface area (Å²) in [4.78, 5) is 43.0.